The summed E-state index contributed by atoms with van der Waals surface area (Å²) >= 11 is 4.87. The topological polar surface area (TPSA) is 59.8 Å². The lowest BCUT2D eigenvalue weighted by Gasteiger charge is -2.16. The zero-order chi connectivity index (χ0) is 17.1. The number of amides is 1. The van der Waals surface area contributed by atoms with Crippen molar-refractivity contribution in [1.82, 2.24) is 20.1 Å². The molecule has 1 amide bonds. The van der Waals surface area contributed by atoms with Gasteiger partial charge in [-0.25, -0.2) is 4.98 Å². The summed E-state index contributed by atoms with van der Waals surface area (Å²) in [7, 11) is 1.86. The molecule has 0 bridgehead atoms. The number of hydrogen-bond acceptors (Lipinski definition) is 4. The number of thiazole rings is 1. The minimum atomic E-state index is -0.156. The van der Waals surface area contributed by atoms with Crippen LogP contribution in [0.3, 0.4) is 0 Å². The van der Waals surface area contributed by atoms with E-state index in [0.29, 0.717) is 5.69 Å². The summed E-state index contributed by atoms with van der Waals surface area (Å²) in [6.07, 6.45) is 4.45. The number of aryl methyl sites for hydroxylation is 1. The van der Waals surface area contributed by atoms with E-state index in [1.54, 1.807) is 16.3 Å². The lowest BCUT2D eigenvalue weighted by Crippen LogP contribution is -2.28. The quantitative estimate of drug-likeness (QED) is 0.693. The van der Waals surface area contributed by atoms with Crippen LogP contribution in [0.5, 0.6) is 0 Å². The zero-order valence-electron chi connectivity index (χ0n) is 13.4. The Morgan fingerprint density at radius 2 is 2.12 bits per heavy atom. The SMILES string of the molecule is CCC(NC(=O)c1csc(-c2cnn(C)c2)n1)c1ccc(Br)cc1. The van der Waals surface area contributed by atoms with Crippen molar-refractivity contribution in [1.29, 1.82) is 0 Å². The van der Waals surface area contributed by atoms with Gasteiger partial charge < -0.3 is 5.32 Å². The van der Waals surface area contributed by atoms with E-state index in [2.05, 4.69) is 38.3 Å². The van der Waals surface area contributed by atoms with Gasteiger partial charge in [0.15, 0.2) is 0 Å². The highest BCUT2D eigenvalue weighted by molar-refractivity contribution is 9.10. The van der Waals surface area contributed by atoms with Gasteiger partial charge in [-0.2, -0.15) is 5.10 Å². The first-order chi connectivity index (χ1) is 11.6. The third-order valence-corrected chi connectivity index (χ3v) is 5.09. The molecular weight excluding hydrogens is 388 g/mol. The van der Waals surface area contributed by atoms with Gasteiger partial charge in [0.2, 0.25) is 0 Å². The minimum absolute atomic E-state index is 0.0332. The van der Waals surface area contributed by atoms with Crippen molar-refractivity contribution in [2.24, 2.45) is 7.05 Å². The molecule has 2 heterocycles. The number of nitrogens with zero attached hydrogens (tertiary/aromatic N) is 3. The molecule has 0 saturated carbocycles. The van der Waals surface area contributed by atoms with Gasteiger partial charge in [-0.05, 0) is 24.1 Å². The van der Waals surface area contributed by atoms with Crippen LogP contribution >= 0.6 is 27.3 Å². The molecule has 0 spiro atoms. The molecule has 0 aliphatic rings. The predicted molar refractivity (Wildman–Crippen MR) is 99.0 cm³/mol. The Kier molecular flexibility index (Phi) is 5.11. The molecule has 1 unspecified atom stereocenters. The van der Waals surface area contributed by atoms with Crippen molar-refractivity contribution < 1.29 is 4.79 Å². The molecule has 2 aromatic heterocycles. The monoisotopic (exact) mass is 404 g/mol. The fourth-order valence-electron chi connectivity index (χ4n) is 2.39. The van der Waals surface area contributed by atoms with Crippen molar-refractivity contribution in [2.75, 3.05) is 0 Å². The van der Waals surface area contributed by atoms with E-state index >= 15 is 0 Å². The average Bonchev–Trinajstić information content (AvgIpc) is 3.22. The van der Waals surface area contributed by atoms with Crippen molar-refractivity contribution in [2.45, 2.75) is 19.4 Å². The van der Waals surface area contributed by atoms with Crippen LogP contribution < -0.4 is 5.32 Å². The fraction of sp³-hybridized carbons (Fsp3) is 0.235. The van der Waals surface area contributed by atoms with E-state index in [1.807, 2.05) is 37.5 Å². The second-order valence-electron chi connectivity index (χ2n) is 5.43. The second-order valence-corrected chi connectivity index (χ2v) is 7.20. The molecule has 124 valence electrons. The summed E-state index contributed by atoms with van der Waals surface area (Å²) in [6.45, 7) is 2.05. The Hall–Kier alpha value is -1.99. The van der Waals surface area contributed by atoms with E-state index in [1.165, 1.54) is 11.3 Å². The highest BCUT2D eigenvalue weighted by Crippen LogP contribution is 2.24. The number of aromatic nitrogens is 3. The van der Waals surface area contributed by atoms with Crippen molar-refractivity contribution in [3.63, 3.8) is 0 Å². The second kappa shape index (κ2) is 7.27. The predicted octanol–water partition coefficient (Wildman–Crippen LogP) is 4.19. The maximum absolute atomic E-state index is 12.5. The maximum Gasteiger partial charge on any atom is 0.271 e. The molecule has 0 aliphatic carbocycles. The molecule has 1 atom stereocenters. The zero-order valence-corrected chi connectivity index (χ0v) is 15.8. The number of carbonyl (C=O) groups excluding carboxylic acids is 1. The van der Waals surface area contributed by atoms with E-state index in [4.69, 9.17) is 0 Å². The molecule has 3 aromatic rings. The molecule has 7 heteroatoms. The summed E-state index contributed by atoms with van der Waals surface area (Å²) in [5.41, 5.74) is 2.44. The number of hydrogen-bond donors (Lipinski definition) is 1. The first kappa shape index (κ1) is 16.9. The largest absolute Gasteiger partial charge is 0.344 e. The molecule has 0 aliphatic heterocycles. The van der Waals surface area contributed by atoms with Crippen LogP contribution in [0.4, 0.5) is 0 Å². The standard InChI is InChI=1S/C17H17BrN4OS/c1-3-14(11-4-6-13(18)7-5-11)20-16(23)15-10-24-17(21-15)12-8-19-22(2)9-12/h4-10,14H,3H2,1-2H3,(H,20,23). The number of benzene rings is 1. The molecule has 0 fully saturated rings. The molecule has 1 aromatic carbocycles. The average molecular weight is 405 g/mol. The Balaban J connectivity index is 1.74. The first-order valence-corrected chi connectivity index (χ1v) is 9.25. The van der Waals surface area contributed by atoms with Crippen molar-refractivity contribution in [3.8, 4) is 10.6 Å². The van der Waals surface area contributed by atoms with Crippen molar-refractivity contribution in [3.05, 3.63) is 57.8 Å². The molecule has 0 radical (unpaired) electrons. The lowest BCUT2D eigenvalue weighted by atomic mass is 10.0. The van der Waals surface area contributed by atoms with Gasteiger partial charge in [0.25, 0.3) is 5.91 Å². The van der Waals surface area contributed by atoms with Gasteiger partial charge in [0.05, 0.1) is 12.2 Å². The Morgan fingerprint density at radius 1 is 1.38 bits per heavy atom. The van der Waals surface area contributed by atoms with Crippen LogP contribution in [0, 0.1) is 0 Å². The van der Waals surface area contributed by atoms with Gasteiger partial charge >= 0.3 is 0 Å². The normalized spacial score (nSPS) is 12.1. The molecule has 3 rings (SSSR count). The number of rotatable bonds is 5. The molecule has 1 N–H and O–H groups in total. The van der Waals surface area contributed by atoms with Crippen LogP contribution in [0.25, 0.3) is 10.6 Å². The third-order valence-electron chi connectivity index (χ3n) is 3.67. The maximum atomic E-state index is 12.5. The van der Waals surface area contributed by atoms with Crippen LogP contribution in [0.1, 0.15) is 35.4 Å². The smallest absolute Gasteiger partial charge is 0.271 e. The molecular formula is C17H17BrN4OS. The van der Waals surface area contributed by atoms with Gasteiger partial charge in [-0.15, -0.1) is 11.3 Å². The van der Waals surface area contributed by atoms with Crippen LogP contribution in [-0.4, -0.2) is 20.7 Å². The Morgan fingerprint density at radius 3 is 2.75 bits per heavy atom. The molecule has 0 saturated heterocycles. The van der Waals surface area contributed by atoms with Crippen LogP contribution in [-0.2, 0) is 7.05 Å². The van der Waals surface area contributed by atoms with E-state index in [-0.39, 0.29) is 11.9 Å². The fourth-order valence-corrected chi connectivity index (χ4v) is 3.43. The van der Waals surface area contributed by atoms with Crippen LogP contribution in [0.2, 0.25) is 0 Å². The number of carbonyl (C=O) groups is 1. The van der Waals surface area contributed by atoms with E-state index in [0.717, 1.165) is 27.0 Å². The van der Waals surface area contributed by atoms with Gasteiger partial charge in [-0.3, -0.25) is 9.48 Å². The highest BCUT2D eigenvalue weighted by atomic mass is 79.9. The highest BCUT2D eigenvalue weighted by Gasteiger charge is 2.17. The van der Waals surface area contributed by atoms with Gasteiger partial charge in [0, 0.05) is 28.7 Å². The Labute approximate surface area is 152 Å². The summed E-state index contributed by atoms with van der Waals surface area (Å²) in [5, 5.41) is 9.77. The minimum Gasteiger partial charge on any atom is -0.344 e. The van der Waals surface area contributed by atoms with Crippen molar-refractivity contribution >= 4 is 33.2 Å². The van der Waals surface area contributed by atoms with Gasteiger partial charge in [-0.1, -0.05) is 35.0 Å². The third kappa shape index (κ3) is 3.73. The molecule has 24 heavy (non-hydrogen) atoms. The van der Waals surface area contributed by atoms with Gasteiger partial charge in [0.1, 0.15) is 10.7 Å². The van der Waals surface area contributed by atoms with E-state index in [9.17, 15) is 4.79 Å². The lowest BCUT2D eigenvalue weighted by molar-refractivity contribution is 0.0931. The molecule has 5 nitrogen and oxygen atoms in total. The summed E-state index contributed by atoms with van der Waals surface area (Å²) in [6, 6.07) is 7.96. The number of nitrogens with one attached hydrogen (secondary N) is 1. The summed E-state index contributed by atoms with van der Waals surface area (Å²) in [5.74, 6) is -0.156. The van der Waals surface area contributed by atoms with E-state index < -0.39 is 0 Å². The summed E-state index contributed by atoms with van der Waals surface area (Å²) in [4.78, 5) is 16.9. The summed E-state index contributed by atoms with van der Waals surface area (Å²) < 4.78 is 2.74. The van der Waals surface area contributed by atoms with Crippen LogP contribution in [0.15, 0.2) is 46.5 Å². The first-order valence-electron chi connectivity index (χ1n) is 7.57. The Bertz CT molecular complexity index is 840. The number of halogens is 1.